The molecule has 3 N–H and O–H groups in total. The topological polar surface area (TPSA) is 180 Å². The van der Waals surface area contributed by atoms with Gasteiger partial charge in [-0.25, -0.2) is 14.6 Å². The maximum atomic E-state index is 14.5. The molecule has 0 saturated carbocycles. The van der Waals surface area contributed by atoms with Crippen LogP contribution < -0.4 is 11.1 Å². The molecule has 8 rings (SSSR count). The predicted molar refractivity (Wildman–Crippen MR) is 252 cm³/mol. The number of anilines is 1. The van der Waals surface area contributed by atoms with Crippen molar-refractivity contribution in [2.75, 3.05) is 18.1 Å². The molecule has 13 nitrogen and oxygen atoms in total. The van der Waals surface area contributed by atoms with Crippen LogP contribution in [0.3, 0.4) is 0 Å². The minimum Gasteiger partial charge on any atom is -0.462 e. The Bertz CT molecular complexity index is 2700. The minimum absolute atomic E-state index is 0.0218. The average Bonchev–Trinajstić information content (AvgIpc) is 3.73. The summed E-state index contributed by atoms with van der Waals surface area (Å²) in [4.78, 5) is 78.4. The largest absolute Gasteiger partial charge is 0.462 e. The highest BCUT2D eigenvalue weighted by Crippen LogP contribution is 2.48. The summed E-state index contributed by atoms with van der Waals surface area (Å²) in [5, 5.41) is 6.59. The lowest BCUT2D eigenvalue weighted by molar-refractivity contribution is -0.154. The van der Waals surface area contributed by atoms with Crippen LogP contribution in [-0.4, -0.2) is 69.1 Å². The zero-order chi connectivity index (χ0) is 46.2. The van der Waals surface area contributed by atoms with E-state index in [-0.39, 0.29) is 28.8 Å². The van der Waals surface area contributed by atoms with Gasteiger partial charge in [0.15, 0.2) is 11.8 Å². The first kappa shape index (κ1) is 45.0. The third kappa shape index (κ3) is 9.16. The van der Waals surface area contributed by atoms with Gasteiger partial charge in [-0.2, -0.15) is 0 Å². The molecule has 1 unspecified atom stereocenters. The number of nitrogen functional groups attached to an aromatic ring is 1. The lowest BCUT2D eigenvalue weighted by Crippen LogP contribution is -2.71. The molecule has 1 saturated heterocycles. The molecular weight excluding hydrogens is 875 g/mol. The van der Waals surface area contributed by atoms with Crippen LogP contribution in [0.5, 0.6) is 0 Å². The molecule has 2 aliphatic rings. The number of benzene rings is 5. The molecule has 2 amide bonds. The molecule has 2 atom stereocenters. The molecule has 2 aliphatic heterocycles. The zero-order valence-electron chi connectivity index (χ0n) is 35.7. The van der Waals surface area contributed by atoms with Gasteiger partial charge in [0, 0.05) is 19.6 Å². The number of fused-ring (bicyclic) bond motifs is 1. The van der Waals surface area contributed by atoms with E-state index in [1.807, 2.05) is 152 Å². The number of oxime groups is 1. The van der Waals surface area contributed by atoms with Gasteiger partial charge < -0.3 is 25.4 Å². The van der Waals surface area contributed by atoms with Crippen molar-refractivity contribution in [3.8, 4) is 0 Å². The van der Waals surface area contributed by atoms with Gasteiger partial charge in [0.25, 0.3) is 11.8 Å². The quantitative estimate of drug-likeness (QED) is 0.0261. The second kappa shape index (κ2) is 20.0. The number of amides is 2. The third-order valence-corrected chi connectivity index (χ3v) is 13.2. The Balaban J connectivity index is 1.13. The van der Waals surface area contributed by atoms with Crippen molar-refractivity contribution in [1.82, 2.24) is 15.2 Å². The number of carbonyl (C=O) groups is 5. The molecule has 0 aliphatic carbocycles. The number of nitrogens with one attached hydrogen (secondary N) is 1. The van der Waals surface area contributed by atoms with E-state index in [9.17, 15) is 24.0 Å². The lowest BCUT2D eigenvalue weighted by Gasteiger charge is -2.49. The molecule has 332 valence electrons. The van der Waals surface area contributed by atoms with E-state index in [0.717, 1.165) is 35.0 Å². The monoisotopic (exact) mass is 917 g/mol. The van der Waals surface area contributed by atoms with Gasteiger partial charge in [0.05, 0.1) is 5.41 Å². The number of allylic oxidation sites excluding steroid dienone is 1. The van der Waals surface area contributed by atoms with E-state index in [1.165, 1.54) is 23.6 Å². The molecule has 6 aromatic rings. The van der Waals surface area contributed by atoms with E-state index in [4.69, 9.17) is 25.0 Å². The Hall–Kier alpha value is -7.62. The fraction of sp³-hybridized carbons (Fsp3) is 0.157. The van der Waals surface area contributed by atoms with Crippen LogP contribution in [0.4, 0.5) is 5.00 Å². The minimum atomic E-state index is -1.16. The SMILES string of the molecule is CC(=O)OC/C=C\C1=C(C(=O)OC(c2ccccc2)c2ccccc2)N2C(=O)C(NC(=O)/C(=N\OC(C)=O)c3nc(C(c4ccccc4)(c4ccccc4)c4ccccc4)sc3N)[C@H]2SC1. The van der Waals surface area contributed by atoms with Crippen LogP contribution in [-0.2, 0) is 43.7 Å². The van der Waals surface area contributed by atoms with Gasteiger partial charge >= 0.3 is 17.9 Å². The molecular formula is C51H43N5O8S2. The van der Waals surface area contributed by atoms with Crippen LogP contribution in [0.25, 0.3) is 0 Å². The van der Waals surface area contributed by atoms with E-state index >= 15 is 0 Å². The van der Waals surface area contributed by atoms with Crippen molar-refractivity contribution in [3.63, 3.8) is 0 Å². The first-order valence-corrected chi connectivity index (χ1v) is 22.7. The molecule has 3 heterocycles. The highest BCUT2D eigenvalue weighted by Gasteiger charge is 2.55. The van der Waals surface area contributed by atoms with Gasteiger partial charge in [0.2, 0.25) is 0 Å². The highest BCUT2D eigenvalue weighted by molar-refractivity contribution is 8.00. The molecule has 0 bridgehead atoms. The number of ether oxygens (including phenoxy) is 2. The fourth-order valence-electron chi connectivity index (χ4n) is 7.97. The Labute approximate surface area is 389 Å². The maximum absolute atomic E-state index is 14.5. The number of hydrogen-bond acceptors (Lipinski definition) is 13. The summed E-state index contributed by atoms with van der Waals surface area (Å²) in [6, 6.07) is 46.6. The van der Waals surface area contributed by atoms with Gasteiger partial charge in [-0.15, -0.1) is 11.8 Å². The van der Waals surface area contributed by atoms with E-state index in [0.29, 0.717) is 21.7 Å². The fourth-order valence-corrected chi connectivity index (χ4v) is 10.4. The summed E-state index contributed by atoms with van der Waals surface area (Å²) in [6.07, 6.45) is 2.37. The zero-order valence-corrected chi connectivity index (χ0v) is 37.4. The van der Waals surface area contributed by atoms with Gasteiger partial charge in [0.1, 0.15) is 39.4 Å². The molecule has 15 heteroatoms. The van der Waals surface area contributed by atoms with Gasteiger partial charge in [-0.1, -0.05) is 174 Å². The summed E-state index contributed by atoms with van der Waals surface area (Å²) in [5.74, 6) is -3.34. The molecule has 1 aromatic heterocycles. The number of carbonyl (C=O) groups excluding carboxylic acids is 5. The number of esters is 2. The van der Waals surface area contributed by atoms with Crippen molar-refractivity contribution in [2.45, 2.75) is 36.8 Å². The third-order valence-electron chi connectivity index (χ3n) is 10.9. The normalized spacial score (nSPS) is 16.1. The molecule has 1 fully saturated rings. The Kier molecular flexibility index (Phi) is 13.7. The number of thioether (sulfide) groups is 1. The van der Waals surface area contributed by atoms with Crippen LogP contribution >= 0.6 is 23.1 Å². The Morgan fingerprint density at radius 1 is 0.803 bits per heavy atom. The van der Waals surface area contributed by atoms with Crippen LogP contribution in [0.2, 0.25) is 0 Å². The van der Waals surface area contributed by atoms with Crippen LogP contribution in [0, 0.1) is 0 Å². The van der Waals surface area contributed by atoms with E-state index in [1.54, 1.807) is 12.2 Å². The Morgan fingerprint density at radius 2 is 1.32 bits per heavy atom. The highest BCUT2D eigenvalue weighted by atomic mass is 32.2. The molecule has 5 aromatic carbocycles. The van der Waals surface area contributed by atoms with Crippen molar-refractivity contribution in [3.05, 3.63) is 214 Å². The molecule has 66 heavy (non-hydrogen) atoms. The van der Waals surface area contributed by atoms with E-state index < -0.39 is 58.4 Å². The lowest BCUT2D eigenvalue weighted by atomic mass is 9.70. The Morgan fingerprint density at radius 3 is 1.82 bits per heavy atom. The van der Waals surface area contributed by atoms with Crippen molar-refractivity contribution in [1.29, 1.82) is 0 Å². The molecule has 0 spiro atoms. The summed E-state index contributed by atoms with van der Waals surface area (Å²) >= 11 is 2.46. The van der Waals surface area contributed by atoms with Crippen LogP contribution in [0.1, 0.15) is 58.5 Å². The second-order valence-electron chi connectivity index (χ2n) is 15.1. The standard InChI is InChI=1S/C51H43N5O8S2/c1-32(57)62-30-18-23-36-31-65-48-42(47(60)56(48)43(36)49(61)63-44(34-19-8-3-9-20-34)35-21-10-4-11-22-35)53-46(59)41(55-64-33(2)58)40-45(52)66-50(54-40)51(37-24-12-5-13-25-37,38-26-14-6-15-27-38)39-28-16-7-17-29-39/h3-29,42,44,48H,30-31,52H2,1-2H3,(H,53,59)/b23-18-,55-41-/t42?,48-/m1/s1. The summed E-state index contributed by atoms with van der Waals surface area (Å²) in [6.45, 7) is 2.36. The molecule has 0 radical (unpaired) electrons. The predicted octanol–water partition coefficient (Wildman–Crippen LogP) is 7.48. The number of rotatable bonds is 15. The number of nitrogens with zero attached hydrogens (tertiary/aromatic N) is 3. The van der Waals surface area contributed by atoms with Gasteiger partial charge in [-0.05, 0) is 39.5 Å². The summed E-state index contributed by atoms with van der Waals surface area (Å²) < 4.78 is 11.3. The number of β-lactam (4-membered cyclic amide) rings is 1. The van der Waals surface area contributed by atoms with Crippen molar-refractivity contribution < 1.29 is 38.3 Å². The smallest absolute Gasteiger partial charge is 0.356 e. The van der Waals surface area contributed by atoms with Crippen molar-refractivity contribution in [2.24, 2.45) is 5.16 Å². The van der Waals surface area contributed by atoms with Crippen molar-refractivity contribution >= 4 is 63.5 Å². The number of nitrogens with two attached hydrogens (primary N) is 1. The number of aromatic nitrogens is 1. The number of thiazole rings is 1. The summed E-state index contributed by atoms with van der Waals surface area (Å²) in [7, 11) is 0. The second-order valence-corrected chi connectivity index (χ2v) is 17.3. The van der Waals surface area contributed by atoms with Crippen LogP contribution in [0.15, 0.2) is 180 Å². The first-order chi connectivity index (χ1) is 32.1. The number of hydrogen-bond donors (Lipinski definition) is 2. The first-order valence-electron chi connectivity index (χ1n) is 20.9. The van der Waals surface area contributed by atoms with E-state index in [2.05, 4.69) is 10.5 Å². The van der Waals surface area contributed by atoms with Gasteiger partial charge in [-0.3, -0.25) is 19.3 Å². The maximum Gasteiger partial charge on any atom is 0.356 e. The summed E-state index contributed by atoms with van der Waals surface area (Å²) in [5.41, 5.74) is 9.74. The average molecular weight is 918 g/mol.